The number of benzene rings is 2. The van der Waals surface area contributed by atoms with E-state index in [4.69, 9.17) is 14.5 Å². The maximum absolute atomic E-state index is 5.50. The van der Waals surface area contributed by atoms with Crippen LogP contribution in [-0.4, -0.2) is 38.4 Å². The molecule has 1 aliphatic rings. The molecule has 130 valence electrons. The van der Waals surface area contributed by atoms with Gasteiger partial charge in [-0.05, 0) is 36.4 Å². The number of morpholine rings is 1. The zero-order valence-electron chi connectivity index (χ0n) is 14.1. The van der Waals surface area contributed by atoms with Crippen molar-refractivity contribution in [3.8, 4) is 17.0 Å². The summed E-state index contributed by atoms with van der Waals surface area (Å²) in [4.78, 5) is 7.25. The molecule has 1 saturated heterocycles. The van der Waals surface area contributed by atoms with E-state index < -0.39 is 0 Å². The largest absolute Gasteiger partial charge is 0.497 e. The monoisotopic (exact) mass is 400 g/mol. The van der Waals surface area contributed by atoms with E-state index in [1.807, 2.05) is 18.2 Å². The summed E-state index contributed by atoms with van der Waals surface area (Å²) >= 11 is 0. The summed E-state index contributed by atoms with van der Waals surface area (Å²) in [7, 11) is 1.68. The second-order valence-corrected chi connectivity index (χ2v) is 5.87. The number of rotatable bonds is 3. The van der Waals surface area contributed by atoms with Crippen LogP contribution in [0.4, 0.5) is 5.69 Å². The van der Waals surface area contributed by atoms with Crippen LogP contribution in [0.5, 0.6) is 5.75 Å². The second kappa shape index (κ2) is 7.85. The molecule has 1 aromatic heterocycles. The molecule has 5 heteroatoms. The molecule has 0 atom stereocenters. The molecule has 0 radical (unpaired) electrons. The molecule has 25 heavy (non-hydrogen) atoms. The Morgan fingerprint density at radius 3 is 2.44 bits per heavy atom. The first kappa shape index (κ1) is 17.7. The molecule has 4 nitrogen and oxygen atoms in total. The fourth-order valence-corrected chi connectivity index (χ4v) is 3.13. The van der Waals surface area contributed by atoms with Crippen LogP contribution in [0.15, 0.2) is 54.6 Å². The Balaban J connectivity index is 0.00000182. The molecule has 1 aliphatic heterocycles. The normalized spacial score (nSPS) is 14.2. The first-order valence-corrected chi connectivity index (χ1v) is 8.22. The standard InChI is InChI=1S/C20H20N2O2.BrH/c1-23-16-8-6-15(7-9-16)19-14-20(22-10-12-24-13-11-22)17-4-2-3-5-18(17)21-19;/h2-9,14H,10-13H2,1H3;1H. The Kier molecular flexibility index (Phi) is 5.56. The highest BCUT2D eigenvalue weighted by molar-refractivity contribution is 8.93. The molecular weight excluding hydrogens is 380 g/mol. The number of methoxy groups -OCH3 is 1. The van der Waals surface area contributed by atoms with E-state index in [1.54, 1.807) is 7.11 Å². The number of fused-ring (bicyclic) bond motifs is 1. The van der Waals surface area contributed by atoms with Crippen LogP contribution in [0.3, 0.4) is 0 Å². The lowest BCUT2D eigenvalue weighted by Gasteiger charge is -2.30. The summed E-state index contributed by atoms with van der Waals surface area (Å²) in [5.41, 5.74) is 4.33. The van der Waals surface area contributed by atoms with Crippen molar-refractivity contribution in [2.24, 2.45) is 0 Å². The highest BCUT2D eigenvalue weighted by Crippen LogP contribution is 2.32. The van der Waals surface area contributed by atoms with Crippen LogP contribution >= 0.6 is 17.0 Å². The molecule has 1 fully saturated rings. The number of hydrogen-bond donors (Lipinski definition) is 0. The molecule has 0 spiro atoms. The number of hydrogen-bond acceptors (Lipinski definition) is 4. The molecular formula is C20H21BrN2O2. The highest BCUT2D eigenvalue weighted by atomic mass is 79.9. The molecule has 0 unspecified atom stereocenters. The molecule has 0 N–H and O–H groups in total. The summed E-state index contributed by atoms with van der Waals surface area (Å²) in [5, 5.41) is 1.19. The van der Waals surface area contributed by atoms with Crippen LogP contribution < -0.4 is 9.64 Å². The van der Waals surface area contributed by atoms with Crippen molar-refractivity contribution in [2.45, 2.75) is 0 Å². The molecule has 0 saturated carbocycles. The fourth-order valence-electron chi connectivity index (χ4n) is 3.13. The van der Waals surface area contributed by atoms with Gasteiger partial charge in [0.15, 0.2) is 0 Å². The number of para-hydroxylation sites is 1. The minimum atomic E-state index is 0. The van der Waals surface area contributed by atoms with Crippen molar-refractivity contribution in [1.29, 1.82) is 0 Å². The van der Waals surface area contributed by atoms with Gasteiger partial charge in [0.2, 0.25) is 0 Å². The van der Waals surface area contributed by atoms with Gasteiger partial charge in [-0.3, -0.25) is 0 Å². The van der Waals surface area contributed by atoms with Crippen molar-refractivity contribution in [3.63, 3.8) is 0 Å². The van der Waals surface area contributed by atoms with Crippen LogP contribution in [-0.2, 0) is 4.74 Å². The number of anilines is 1. The maximum Gasteiger partial charge on any atom is 0.118 e. The third-order valence-electron chi connectivity index (χ3n) is 4.43. The summed E-state index contributed by atoms with van der Waals surface area (Å²) in [6.07, 6.45) is 0. The van der Waals surface area contributed by atoms with E-state index in [0.29, 0.717) is 0 Å². The van der Waals surface area contributed by atoms with Gasteiger partial charge in [-0.2, -0.15) is 0 Å². The van der Waals surface area contributed by atoms with Crippen LogP contribution in [0.2, 0.25) is 0 Å². The summed E-state index contributed by atoms with van der Waals surface area (Å²) < 4.78 is 10.8. The van der Waals surface area contributed by atoms with E-state index in [1.165, 1.54) is 11.1 Å². The predicted molar refractivity (Wildman–Crippen MR) is 107 cm³/mol. The maximum atomic E-state index is 5.50. The van der Waals surface area contributed by atoms with E-state index in [9.17, 15) is 0 Å². The number of pyridine rings is 1. The Hall–Kier alpha value is -2.11. The van der Waals surface area contributed by atoms with Crippen molar-refractivity contribution < 1.29 is 9.47 Å². The molecule has 2 heterocycles. The lowest BCUT2D eigenvalue weighted by atomic mass is 10.1. The van der Waals surface area contributed by atoms with Gasteiger partial charge in [0.05, 0.1) is 31.5 Å². The van der Waals surface area contributed by atoms with Gasteiger partial charge in [-0.15, -0.1) is 17.0 Å². The van der Waals surface area contributed by atoms with Crippen molar-refractivity contribution in [1.82, 2.24) is 4.98 Å². The van der Waals surface area contributed by atoms with Gasteiger partial charge in [0.1, 0.15) is 5.75 Å². The Morgan fingerprint density at radius 2 is 1.72 bits per heavy atom. The molecule has 3 aromatic rings. The first-order chi connectivity index (χ1) is 11.8. The van der Waals surface area contributed by atoms with Crippen LogP contribution in [0.25, 0.3) is 22.2 Å². The van der Waals surface area contributed by atoms with Crippen LogP contribution in [0, 0.1) is 0 Å². The summed E-state index contributed by atoms with van der Waals surface area (Å²) in [5.74, 6) is 0.855. The van der Waals surface area contributed by atoms with Gasteiger partial charge < -0.3 is 14.4 Å². The van der Waals surface area contributed by atoms with Crippen molar-refractivity contribution in [3.05, 3.63) is 54.6 Å². The topological polar surface area (TPSA) is 34.6 Å². The summed E-state index contributed by atoms with van der Waals surface area (Å²) in [6.45, 7) is 3.37. The number of ether oxygens (including phenoxy) is 2. The Labute approximate surface area is 158 Å². The average molecular weight is 401 g/mol. The highest BCUT2D eigenvalue weighted by Gasteiger charge is 2.16. The zero-order chi connectivity index (χ0) is 16.4. The third kappa shape index (κ3) is 3.62. The lowest BCUT2D eigenvalue weighted by molar-refractivity contribution is 0.123. The molecule has 0 bridgehead atoms. The van der Waals surface area contributed by atoms with E-state index in [-0.39, 0.29) is 17.0 Å². The smallest absolute Gasteiger partial charge is 0.118 e. The van der Waals surface area contributed by atoms with Crippen molar-refractivity contribution in [2.75, 3.05) is 38.3 Å². The SMILES string of the molecule is Br.COc1ccc(-c2cc(N3CCOCC3)c3ccccc3n2)cc1. The van der Waals surface area contributed by atoms with Crippen molar-refractivity contribution >= 4 is 33.6 Å². The number of aromatic nitrogens is 1. The minimum absolute atomic E-state index is 0. The number of halogens is 1. The number of nitrogens with zero attached hydrogens (tertiary/aromatic N) is 2. The lowest BCUT2D eigenvalue weighted by Crippen LogP contribution is -2.36. The zero-order valence-corrected chi connectivity index (χ0v) is 15.9. The Bertz CT molecular complexity index is 846. The summed E-state index contributed by atoms with van der Waals surface area (Å²) in [6, 6.07) is 18.6. The van der Waals surface area contributed by atoms with Gasteiger partial charge in [0.25, 0.3) is 0 Å². The third-order valence-corrected chi connectivity index (χ3v) is 4.43. The van der Waals surface area contributed by atoms with Gasteiger partial charge in [-0.1, -0.05) is 18.2 Å². The quantitative estimate of drug-likeness (QED) is 0.655. The molecule has 0 aliphatic carbocycles. The minimum Gasteiger partial charge on any atom is -0.497 e. The van der Waals surface area contributed by atoms with E-state index in [2.05, 4.69) is 41.3 Å². The molecule has 4 rings (SSSR count). The van der Waals surface area contributed by atoms with Crippen LogP contribution in [0.1, 0.15) is 0 Å². The Morgan fingerprint density at radius 1 is 1.00 bits per heavy atom. The van der Waals surface area contributed by atoms with Gasteiger partial charge in [-0.25, -0.2) is 4.98 Å². The molecule has 2 aromatic carbocycles. The van der Waals surface area contributed by atoms with Gasteiger partial charge in [0, 0.05) is 29.7 Å². The van der Waals surface area contributed by atoms with Gasteiger partial charge >= 0.3 is 0 Å². The second-order valence-electron chi connectivity index (χ2n) is 5.87. The molecule has 0 amide bonds. The average Bonchev–Trinajstić information content (AvgIpc) is 2.68. The predicted octanol–water partition coefficient (Wildman–Crippen LogP) is 4.32. The fraction of sp³-hybridized carbons (Fsp3) is 0.250. The first-order valence-electron chi connectivity index (χ1n) is 8.22. The van der Waals surface area contributed by atoms with E-state index in [0.717, 1.165) is 48.8 Å². The van der Waals surface area contributed by atoms with E-state index >= 15 is 0 Å².